The molecule has 0 aliphatic rings. The zero-order valence-corrected chi connectivity index (χ0v) is 21.8. The van der Waals surface area contributed by atoms with Gasteiger partial charge in [-0.2, -0.15) is 0 Å². The lowest BCUT2D eigenvalue weighted by atomic mass is 10.1. The normalized spacial score (nSPS) is 12.0. The maximum atomic E-state index is 13.6. The fourth-order valence-corrected chi connectivity index (χ4v) is 5.44. The highest BCUT2D eigenvalue weighted by Gasteiger charge is 2.32. The van der Waals surface area contributed by atoms with Crippen molar-refractivity contribution in [2.24, 2.45) is 0 Å². The van der Waals surface area contributed by atoms with Gasteiger partial charge in [0.1, 0.15) is 18.4 Å². The highest BCUT2D eigenvalue weighted by molar-refractivity contribution is 7.92. The van der Waals surface area contributed by atoms with Gasteiger partial charge in [0.15, 0.2) is 0 Å². The molecule has 7 nitrogen and oxygen atoms in total. The van der Waals surface area contributed by atoms with Crippen LogP contribution in [0.1, 0.15) is 12.5 Å². The molecule has 190 valence electrons. The lowest BCUT2D eigenvalue weighted by Gasteiger charge is -2.31. The second kappa shape index (κ2) is 11.7. The summed E-state index contributed by atoms with van der Waals surface area (Å²) in [5.74, 6) is -1.56. The van der Waals surface area contributed by atoms with Gasteiger partial charge < -0.3 is 10.2 Å². The van der Waals surface area contributed by atoms with E-state index in [2.05, 4.69) is 5.32 Å². The Morgan fingerprint density at radius 2 is 1.56 bits per heavy atom. The number of rotatable bonds is 9. The molecular formula is C25H24Cl2FN3O4S. The number of carbonyl (C=O) groups is 2. The van der Waals surface area contributed by atoms with E-state index in [0.717, 1.165) is 4.31 Å². The van der Waals surface area contributed by atoms with Gasteiger partial charge in [-0.15, -0.1) is 0 Å². The summed E-state index contributed by atoms with van der Waals surface area (Å²) in [6, 6.07) is 16.3. The quantitative estimate of drug-likeness (QED) is 0.424. The van der Waals surface area contributed by atoms with E-state index < -0.39 is 40.2 Å². The molecule has 2 amide bonds. The van der Waals surface area contributed by atoms with Crippen LogP contribution in [0.3, 0.4) is 0 Å². The summed E-state index contributed by atoms with van der Waals surface area (Å²) in [5.41, 5.74) is 0.641. The molecule has 11 heteroatoms. The summed E-state index contributed by atoms with van der Waals surface area (Å²) < 4.78 is 41.5. The lowest BCUT2D eigenvalue weighted by molar-refractivity contribution is -0.139. The van der Waals surface area contributed by atoms with Crippen molar-refractivity contribution in [1.29, 1.82) is 0 Å². The van der Waals surface area contributed by atoms with Gasteiger partial charge in [0.2, 0.25) is 11.8 Å². The van der Waals surface area contributed by atoms with Crippen LogP contribution < -0.4 is 9.62 Å². The molecular weight excluding hydrogens is 528 g/mol. The van der Waals surface area contributed by atoms with Crippen molar-refractivity contribution in [3.63, 3.8) is 0 Å². The fraction of sp³-hybridized carbons (Fsp3) is 0.200. The summed E-state index contributed by atoms with van der Waals surface area (Å²) in [6.45, 7) is 0.826. The zero-order chi connectivity index (χ0) is 26.5. The molecule has 0 saturated heterocycles. The minimum Gasteiger partial charge on any atom is -0.357 e. The van der Waals surface area contributed by atoms with Crippen molar-refractivity contribution in [3.05, 3.63) is 94.2 Å². The highest BCUT2D eigenvalue weighted by Crippen LogP contribution is 2.30. The number of hydrogen-bond donors (Lipinski definition) is 1. The van der Waals surface area contributed by atoms with Crippen molar-refractivity contribution in [1.82, 2.24) is 10.2 Å². The minimum atomic E-state index is -4.23. The molecule has 1 unspecified atom stereocenters. The largest absolute Gasteiger partial charge is 0.357 e. The van der Waals surface area contributed by atoms with E-state index >= 15 is 0 Å². The van der Waals surface area contributed by atoms with Gasteiger partial charge in [0, 0.05) is 23.6 Å². The molecule has 1 atom stereocenters. The molecule has 0 spiro atoms. The van der Waals surface area contributed by atoms with Crippen molar-refractivity contribution in [2.45, 2.75) is 24.4 Å². The first-order valence-electron chi connectivity index (χ1n) is 10.8. The van der Waals surface area contributed by atoms with E-state index in [0.29, 0.717) is 5.56 Å². The average Bonchev–Trinajstić information content (AvgIpc) is 2.85. The van der Waals surface area contributed by atoms with Crippen molar-refractivity contribution >= 4 is 50.7 Å². The number of benzene rings is 3. The predicted molar refractivity (Wildman–Crippen MR) is 138 cm³/mol. The molecule has 0 saturated carbocycles. The summed E-state index contributed by atoms with van der Waals surface area (Å²) >= 11 is 12.3. The molecule has 0 aliphatic carbocycles. The molecule has 1 N–H and O–H groups in total. The number of halogens is 3. The monoisotopic (exact) mass is 551 g/mol. The number of sulfonamides is 1. The maximum absolute atomic E-state index is 13.6. The standard InChI is InChI=1S/C25H24Cl2FN3O4S/c1-17(25(33)29-2)30(15-18-8-10-21(28)11-9-18)24(32)16-31(22-13-19(26)12-20(27)14-22)36(34,35)23-6-4-3-5-7-23/h3-14,17H,15-16H2,1-2H3,(H,29,33). The van der Waals surface area contributed by atoms with Gasteiger partial charge >= 0.3 is 0 Å². The number of hydrogen-bond acceptors (Lipinski definition) is 4. The molecule has 3 aromatic carbocycles. The lowest BCUT2D eigenvalue weighted by Crippen LogP contribution is -2.50. The number of amides is 2. The predicted octanol–water partition coefficient (Wildman–Crippen LogP) is 4.49. The Labute approximate surface area is 219 Å². The maximum Gasteiger partial charge on any atom is 0.264 e. The molecule has 0 fully saturated rings. The molecule has 0 radical (unpaired) electrons. The van der Waals surface area contributed by atoms with E-state index in [4.69, 9.17) is 23.2 Å². The topological polar surface area (TPSA) is 86.8 Å². The van der Waals surface area contributed by atoms with Crippen LogP contribution in [0.4, 0.5) is 10.1 Å². The third-order valence-corrected chi connectivity index (χ3v) is 7.65. The van der Waals surface area contributed by atoms with Gasteiger partial charge in [0.25, 0.3) is 10.0 Å². The molecule has 0 bridgehead atoms. The van der Waals surface area contributed by atoms with Crippen LogP contribution in [0.5, 0.6) is 0 Å². The Kier molecular flexibility index (Phi) is 8.94. The van der Waals surface area contributed by atoms with Crippen LogP contribution in [0.15, 0.2) is 77.7 Å². The Hall–Kier alpha value is -3.14. The number of likely N-dealkylation sites (N-methyl/N-ethyl adjacent to an activating group) is 1. The number of nitrogens with one attached hydrogen (secondary N) is 1. The summed E-state index contributed by atoms with van der Waals surface area (Å²) in [7, 11) is -2.80. The van der Waals surface area contributed by atoms with Crippen LogP contribution in [0, 0.1) is 5.82 Å². The Balaban J connectivity index is 2.05. The Morgan fingerprint density at radius 3 is 2.11 bits per heavy atom. The van der Waals surface area contributed by atoms with Crippen molar-refractivity contribution < 1.29 is 22.4 Å². The van der Waals surface area contributed by atoms with Crippen LogP contribution in [0.25, 0.3) is 0 Å². The molecule has 3 rings (SSSR count). The second-order valence-electron chi connectivity index (χ2n) is 7.89. The number of nitrogens with zero attached hydrogens (tertiary/aromatic N) is 2. The Morgan fingerprint density at radius 1 is 0.972 bits per heavy atom. The fourth-order valence-electron chi connectivity index (χ4n) is 3.51. The molecule has 0 aliphatic heterocycles. The smallest absolute Gasteiger partial charge is 0.264 e. The van der Waals surface area contributed by atoms with Gasteiger partial charge in [-0.3, -0.25) is 13.9 Å². The first-order chi connectivity index (χ1) is 17.0. The second-order valence-corrected chi connectivity index (χ2v) is 10.6. The zero-order valence-electron chi connectivity index (χ0n) is 19.5. The van der Waals surface area contributed by atoms with Crippen molar-refractivity contribution in [2.75, 3.05) is 17.9 Å². The highest BCUT2D eigenvalue weighted by atomic mass is 35.5. The Bertz CT molecular complexity index is 1320. The summed E-state index contributed by atoms with van der Waals surface area (Å²) in [5, 5.41) is 2.85. The van der Waals surface area contributed by atoms with E-state index in [1.165, 1.54) is 73.5 Å². The van der Waals surface area contributed by atoms with Gasteiger partial charge in [0.05, 0.1) is 10.6 Å². The third-order valence-electron chi connectivity index (χ3n) is 5.43. The molecule has 36 heavy (non-hydrogen) atoms. The van der Waals surface area contributed by atoms with E-state index in [1.807, 2.05) is 0 Å². The SMILES string of the molecule is CNC(=O)C(C)N(Cc1ccc(F)cc1)C(=O)CN(c1cc(Cl)cc(Cl)c1)S(=O)(=O)c1ccccc1. The summed E-state index contributed by atoms with van der Waals surface area (Å²) in [6.07, 6.45) is 0. The molecule has 0 aromatic heterocycles. The van der Waals surface area contributed by atoms with Crippen LogP contribution >= 0.6 is 23.2 Å². The minimum absolute atomic E-state index is 0.0432. The first kappa shape index (κ1) is 27.4. The number of anilines is 1. The van der Waals surface area contributed by atoms with E-state index in [9.17, 15) is 22.4 Å². The van der Waals surface area contributed by atoms with Crippen LogP contribution in [-0.4, -0.2) is 44.8 Å². The van der Waals surface area contributed by atoms with Crippen LogP contribution in [-0.2, 0) is 26.2 Å². The van der Waals surface area contributed by atoms with Crippen molar-refractivity contribution in [3.8, 4) is 0 Å². The van der Waals surface area contributed by atoms with E-state index in [-0.39, 0.29) is 27.2 Å². The first-order valence-corrected chi connectivity index (χ1v) is 13.0. The average molecular weight is 552 g/mol. The van der Waals surface area contributed by atoms with E-state index in [1.54, 1.807) is 18.2 Å². The molecule has 0 heterocycles. The number of carbonyl (C=O) groups excluding carboxylic acids is 2. The summed E-state index contributed by atoms with van der Waals surface area (Å²) in [4.78, 5) is 27.2. The van der Waals surface area contributed by atoms with Gasteiger partial charge in [-0.25, -0.2) is 12.8 Å². The van der Waals surface area contributed by atoms with Gasteiger partial charge in [-0.05, 0) is 55.0 Å². The van der Waals surface area contributed by atoms with Gasteiger partial charge in [-0.1, -0.05) is 53.5 Å². The molecule has 3 aromatic rings. The third kappa shape index (κ3) is 6.54. The van der Waals surface area contributed by atoms with Crippen LogP contribution in [0.2, 0.25) is 10.0 Å².